The molecule has 5 heteroatoms. The van der Waals surface area contributed by atoms with Crippen molar-refractivity contribution in [2.24, 2.45) is 0 Å². The van der Waals surface area contributed by atoms with Gasteiger partial charge >= 0.3 is 0 Å². The minimum atomic E-state index is -0.0639. The topological polar surface area (TPSA) is 45.5 Å². The SMILES string of the molecule is O=C(NCC(c1ccco1)N1CCCCC1)c1ccccc1Br. The smallest absolute Gasteiger partial charge is 0.252 e. The molecule has 1 unspecified atom stereocenters. The van der Waals surface area contributed by atoms with Crippen molar-refractivity contribution >= 4 is 21.8 Å². The van der Waals surface area contributed by atoms with Crippen molar-refractivity contribution in [1.82, 2.24) is 10.2 Å². The van der Waals surface area contributed by atoms with E-state index in [-0.39, 0.29) is 11.9 Å². The van der Waals surface area contributed by atoms with Gasteiger partial charge < -0.3 is 9.73 Å². The predicted octanol–water partition coefficient (Wildman–Crippen LogP) is 4.00. The molecule has 1 aromatic heterocycles. The molecule has 122 valence electrons. The summed E-state index contributed by atoms with van der Waals surface area (Å²) in [5.41, 5.74) is 0.657. The van der Waals surface area contributed by atoms with E-state index >= 15 is 0 Å². The van der Waals surface area contributed by atoms with Crippen LogP contribution in [0.15, 0.2) is 51.6 Å². The van der Waals surface area contributed by atoms with E-state index in [9.17, 15) is 4.79 Å². The van der Waals surface area contributed by atoms with Gasteiger partial charge in [0.2, 0.25) is 0 Å². The molecular weight excluding hydrogens is 356 g/mol. The Bertz CT molecular complexity index is 636. The fourth-order valence-electron chi connectivity index (χ4n) is 3.05. The van der Waals surface area contributed by atoms with Gasteiger partial charge in [-0.2, -0.15) is 0 Å². The Labute approximate surface area is 145 Å². The van der Waals surface area contributed by atoms with Crippen LogP contribution >= 0.6 is 15.9 Å². The van der Waals surface area contributed by atoms with Gasteiger partial charge in [0.15, 0.2) is 0 Å². The molecule has 1 saturated heterocycles. The second kappa shape index (κ2) is 7.79. The lowest BCUT2D eigenvalue weighted by Crippen LogP contribution is -2.40. The van der Waals surface area contributed by atoms with E-state index in [4.69, 9.17) is 4.42 Å². The van der Waals surface area contributed by atoms with Gasteiger partial charge in [0.25, 0.3) is 5.91 Å². The van der Waals surface area contributed by atoms with E-state index in [1.165, 1.54) is 19.3 Å². The number of nitrogens with zero attached hydrogens (tertiary/aromatic N) is 1. The third kappa shape index (κ3) is 4.03. The molecule has 0 radical (unpaired) electrons. The number of piperidine rings is 1. The molecule has 23 heavy (non-hydrogen) atoms. The first-order valence-corrected chi connectivity index (χ1v) is 8.85. The number of carbonyl (C=O) groups excluding carboxylic acids is 1. The molecule has 1 aliphatic rings. The lowest BCUT2D eigenvalue weighted by Gasteiger charge is -2.33. The quantitative estimate of drug-likeness (QED) is 0.857. The van der Waals surface area contributed by atoms with Crippen LogP contribution in [-0.4, -0.2) is 30.4 Å². The molecule has 1 aliphatic heterocycles. The molecule has 0 aliphatic carbocycles. The van der Waals surface area contributed by atoms with Gasteiger partial charge in [-0.1, -0.05) is 18.6 Å². The summed E-state index contributed by atoms with van der Waals surface area (Å²) in [5, 5.41) is 3.05. The van der Waals surface area contributed by atoms with Gasteiger partial charge in [0, 0.05) is 11.0 Å². The number of nitrogens with one attached hydrogen (secondary N) is 1. The van der Waals surface area contributed by atoms with Crippen LogP contribution in [0.2, 0.25) is 0 Å². The maximum absolute atomic E-state index is 12.4. The van der Waals surface area contributed by atoms with Crippen LogP contribution in [0.5, 0.6) is 0 Å². The highest BCUT2D eigenvalue weighted by atomic mass is 79.9. The zero-order valence-corrected chi connectivity index (χ0v) is 14.6. The Balaban J connectivity index is 1.69. The van der Waals surface area contributed by atoms with Gasteiger partial charge in [0.05, 0.1) is 17.9 Å². The summed E-state index contributed by atoms with van der Waals surface area (Å²) in [6, 6.07) is 11.5. The molecule has 2 aromatic rings. The summed E-state index contributed by atoms with van der Waals surface area (Å²) in [5.74, 6) is 0.852. The number of hydrogen-bond donors (Lipinski definition) is 1. The Hall–Kier alpha value is -1.59. The van der Waals surface area contributed by atoms with Crippen LogP contribution in [-0.2, 0) is 0 Å². The van der Waals surface area contributed by atoms with Crippen LogP contribution in [0.1, 0.15) is 41.4 Å². The highest BCUT2D eigenvalue weighted by Gasteiger charge is 2.25. The Morgan fingerprint density at radius 2 is 1.96 bits per heavy atom. The summed E-state index contributed by atoms with van der Waals surface area (Å²) < 4.78 is 6.42. The Kier molecular flexibility index (Phi) is 5.51. The van der Waals surface area contributed by atoms with Gasteiger partial charge in [-0.3, -0.25) is 9.69 Å². The van der Waals surface area contributed by atoms with E-state index in [1.54, 1.807) is 6.26 Å². The van der Waals surface area contributed by atoms with Crippen molar-refractivity contribution in [2.45, 2.75) is 25.3 Å². The fourth-order valence-corrected chi connectivity index (χ4v) is 3.52. The minimum absolute atomic E-state index is 0.0639. The molecule has 1 aromatic carbocycles. The van der Waals surface area contributed by atoms with Crippen LogP contribution in [0.4, 0.5) is 0 Å². The summed E-state index contributed by atoms with van der Waals surface area (Å²) in [6.07, 6.45) is 5.39. The molecule has 1 fully saturated rings. The number of furan rings is 1. The average molecular weight is 377 g/mol. The van der Waals surface area contributed by atoms with Crippen LogP contribution < -0.4 is 5.32 Å². The van der Waals surface area contributed by atoms with Gasteiger partial charge in [-0.15, -0.1) is 0 Å². The highest BCUT2D eigenvalue weighted by Crippen LogP contribution is 2.25. The molecular formula is C18H21BrN2O2. The monoisotopic (exact) mass is 376 g/mol. The van der Waals surface area contributed by atoms with Gasteiger partial charge in [-0.25, -0.2) is 0 Å². The molecule has 1 atom stereocenters. The lowest BCUT2D eigenvalue weighted by molar-refractivity contribution is 0.0913. The Morgan fingerprint density at radius 1 is 1.17 bits per heavy atom. The second-order valence-electron chi connectivity index (χ2n) is 5.82. The van der Waals surface area contributed by atoms with Crippen molar-refractivity contribution in [3.63, 3.8) is 0 Å². The number of amides is 1. The van der Waals surface area contributed by atoms with Crippen molar-refractivity contribution in [2.75, 3.05) is 19.6 Å². The zero-order chi connectivity index (χ0) is 16.1. The molecule has 1 amide bonds. The first-order chi connectivity index (χ1) is 11.3. The fraction of sp³-hybridized carbons (Fsp3) is 0.389. The average Bonchev–Trinajstić information content (AvgIpc) is 3.10. The molecule has 4 nitrogen and oxygen atoms in total. The molecule has 0 saturated carbocycles. The van der Waals surface area contributed by atoms with E-state index in [1.807, 2.05) is 36.4 Å². The van der Waals surface area contributed by atoms with Crippen molar-refractivity contribution in [1.29, 1.82) is 0 Å². The summed E-state index contributed by atoms with van der Waals surface area (Å²) in [6.45, 7) is 2.65. The van der Waals surface area contributed by atoms with Crippen molar-refractivity contribution < 1.29 is 9.21 Å². The number of carbonyl (C=O) groups is 1. The normalized spacial score (nSPS) is 16.9. The largest absolute Gasteiger partial charge is 0.468 e. The van der Waals surface area contributed by atoms with Gasteiger partial charge in [-0.05, 0) is 66.1 Å². The Morgan fingerprint density at radius 3 is 2.65 bits per heavy atom. The standard InChI is InChI=1S/C18H21BrN2O2/c19-15-8-3-2-7-14(15)18(22)20-13-16(17-9-6-12-23-17)21-10-4-1-5-11-21/h2-3,6-9,12,16H,1,4-5,10-11,13H2,(H,20,22). The zero-order valence-electron chi connectivity index (χ0n) is 13.0. The van der Waals surface area contributed by atoms with Gasteiger partial charge in [0.1, 0.15) is 5.76 Å². The summed E-state index contributed by atoms with van der Waals surface area (Å²) in [4.78, 5) is 14.8. The molecule has 0 bridgehead atoms. The molecule has 2 heterocycles. The number of hydrogen-bond acceptors (Lipinski definition) is 3. The first-order valence-electron chi connectivity index (χ1n) is 8.06. The summed E-state index contributed by atoms with van der Waals surface area (Å²) in [7, 11) is 0. The van der Waals surface area contributed by atoms with Crippen molar-refractivity contribution in [3.05, 3.63) is 58.5 Å². The molecule has 1 N–H and O–H groups in total. The maximum Gasteiger partial charge on any atom is 0.252 e. The number of benzene rings is 1. The molecule has 3 rings (SSSR count). The predicted molar refractivity (Wildman–Crippen MR) is 93.3 cm³/mol. The van der Waals surface area contributed by atoms with Crippen LogP contribution in [0.25, 0.3) is 0 Å². The lowest BCUT2D eigenvalue weighted by atomic mass is 10.1. The minimum Gasteiger partial charge on any atom is -0.468 e. The third-order valence-electron chi connectivity index (χ3n) is 4.28. The van der Waals surface area contributed by atoms with E-state index in [2.05, 4.69) is 26.1 Å². The van der Waals surface area contributed by atoms with E-state index in [0.717, 1.165) is 23.3 Å². The van der Waals surface area contributed by atoms with Crippen molar-refractivity contribution in [3.8, 4) is 0 Å². The first kappa shape index (κ1) is 16.3. The van der Waals surface area contributed by atoms with Crippen LogP contribution in [0.3, 0.4) is 0 Å². The number of likely N-dealkylation sites (tertiary alicyclic amines) is 1. The highest BCUT2D eigenvalue weighted by molar-refractivity contribution is 9.10. The third-order valence-corrected chi connectivity index (χ3v) is 4.97. The van der Waals surface area contributed by atoms with E-state index < -0.39 is 0 Å². The number of halogens is 1. The second-order valence-corrected chi connectivity index (χ2v) is 6.67. The number of rotatable bonds is 5. The molecule has 0 spiro atoms. The van der Waals surface area contributed by atoms with E-state index in [0.29, 0.717) is 12.1 Å². The maximum atomic E-state index is 12.4. The summed E-state index contributed by atoms with van der Waals surface area (Å²) >= 11 is 3.43. The van der Waals surface area contributed by atoms with Crippen LogP contribution in [0, 0.1) is 0 Å².